The molecule has 1 amide bonds. The summed E-state index contributed by atoms with van der Waals surface area (Å²) in [6, 6.07) is 10.9. The minimum atomic E-state index is -4.60. The maximum absolute atomic E-state index is 13.1. The van der Waals surface area contributed by atoms with Crippen LogP contribution in [0.15, 0.2) is 47.4 Å². The first kappa shape index (κ1) is 17.9. The lowest BCUT2D eigenvalue weighted by molar-refractivity contribution is -0.137. The van der Waals surface area contributed by atoms with Gasteiger partial charge in [-0.3, -0.25) is 4.79 Å². The Bertz CT molecular complexity index is 798. The van der Waals surface area contributed by atoms with Crippen LogP contribution in [0.3, 0.4) is 0 Å². The standard InChI is InChI=1S/C17H14ClF3N2OS/c18-11-5-6-13(12(9-11)17(19,20)21)22-16(24)10-23-7-8-25-15-4-2-1-3-14(15)23/h1-6,9H,7-8,10H2,(H,22,24). The molecule has 0 atom stereocenters. The van der Waals surface area contributed by atoms with Gasteiger partial charge in [0, 0.05) is 22.2 Å². The van der Waals surface area contributed by atoms with Crippen LogP contribution in [-0.2, 0) is 11.0 Å². The summed E-state index contributed by atoms with van der Waals surface area (Å²) in [5, 5.41) is 2.32. The second-order valence-electron chi connectivity index (χ2n) is 5.47. The number of amides is 1. The number of carbonyl (C=O) groups is 1. The van der Waals surface area contributed by atoms with Gasteiger partial charge in [0.1, 0.15) is 0 Å². The Morgan fingerprint density at radius 1 is 1.24 bits per heavy atom. The molecule has 25 heavy (non-hydrogen) atoms. The monoisotopic (exact) mass is 386 g/mol. The molecule has 3 nitrogen and oxygen atoms in total. The fraction of sp³-hybridized carbons (Fsp3) is 0.235. The number of para-hydroxylation sites is 1. The second-order valence-corrected chi connectivity index (χ2v) is 7.05. The molecule has 0 bridgehead atoms. The third-order valence-corrected chi connectivity index (χ3v) is 5.00. The van der Waals surface area contributed by atoms with E-state index in [0.717, 1.165) is 22.4 Å². The molecule has 1 aliphatic rings. The quantitative estimate of drug-likeness (QED) is 0.813. The highest BCUT2D eigenvalue weighted by atomic mass is 35.5. The van der Waals surface area contributed by atoms with E-state index in [9.17, 15) is 18.0 Å². The van der Waals surface area contributed by atoms with Gasteiger partial charge in [0.25, 0.3) is 0 Å². The van der Waals surface area contributed by atoms with Gasteiger partial charge < -0.3 is 10.2 Å². The van der Waals surface area contributed by atoms with Gasteiger partial charge in [0.2, 0.25) is 5.91 Å². The Kier molecular flexibility index (Phi) is 5.15. The number of hydrogen-bond acceptors (Lipinski definition) is 3. The number of carbonyl (C=O) groups excluding carboxylic acids is 1. The molecule has 8 heteroatoms. The van der Waals surface area contributed by atoms with Gasteiger partial charge >= 0.3 is 6.18 Å². The Labute approximate surface area is 152 Å². The molecule has 0 aliphatic carbocycles. The van der Waals surface area contributed by atoms with Gasteiger partial charge in [-0.15, -0.1) is 11.8 Å². The second kappa shape index (κ2) is 7.17. The molecular formula is C17H14ClF3N2OS. The Morgan fingerprint density at radius 2 is 2.00 bits per heavy atom. The topological polar surface area (TPSA) is 32.3 Å². The molecule has 2 aromatic rings. The molecule has 132 valence electrons. The number of thioether (sulfide) groups is 1. The molecule has 1 aliphatic heterocycles. The first-order valence-electron chi connectivity index (χ1n) is 7.48. The molecular weight excluding hydrogens is 373 g/mol. The zero-order valence-electron chi connectivity index (χ0n) is 12.9. The van der Waals surface area contributed by atoms with Crippen LogP contribution in [0.2, 0.25) is 5.02 Å². The van der Waals surface area contributed by atoms with Crippen molar-refractivity contribution >= 4 is 40.6 Å². The minimum absolute atomic E-state index is 0.0164. The number of rotatable bonds is 3. The number of nitrogens with zero attached hydrogens (tertiary/aromatic N) is 1. The summed E-state index contributed by atoms with van der Waals surface area (Å²) in [5.41, 5.74) is -0.328. The number of fused-ring (bicyclic) bond motifs is 1. The van der Waals surface area contributed by atoms with Crippen LogP contribution in [0.1, 0.15) is 5.56 Å². The SMILES string of the molecule is O=C(CN1CCSc2ccccc21)Nc1ccc(Cl)cc1C(F)(F)F. The molecule has 1 N–H and O–H groups in total. The van der Waals surface area contributed by atoms with E-state index in [-0.39, 0.29) is 17.3 Å². The van der Waals surface area contributed by atoms with E-state index in [0.29, 0.717) is 6.54 Å². The maximum Gasteiger partial charge on any atom is 0.418 e. The summed E-state index contributed by atoms with van der Waals surface area (Å²) in [5.74, 6) is 0.313. The summed E-state index contributed by atoms with van der Waals surface area (Å²) in [7, 11) is 0. The number of alkyl halides is 3. The highest BCUT2D eigenvalue weighted by molar-refractivity contribution is 7.99. The van der Waals surface area contributed by atoms with Crippen molar-refractivity contribution in [2.45, 2.75) is 11.1 Å². The van der Waals surface area contributed by atoms with Crippen LogP contribution >= 0.6 is 23.4 Å². The van der Waals surface area contributed by atoms with Crippen LogP contribution < -0.4 is 10.2 Å². The minimum Gasteiger partial charge on any atom is -0.360 e. The fourth-order valence-corrected chi connectivity index (χ4v) is 3.84. The van der Waals surface area contributed by atoms with Crippen molar-refractivity contribution in [3.05, 3.63) is 53.1 Å². The normalized spacial score (nSPS) is 14.2. The van der Waals surface area contributed by atoms with E-state index in [1.165, 1.54) is 12.1 Å². The van der Waals surface area contributed by atoms with Gasteiger partial charge in [0.15, 0.2) is 0 Å². The van der Waals surface area contributed by atoms with Crippen molar-refractivity contribution in [2.24, 2.45) is 0 Å². The van der Waals surface area contributed by atoms with Gasteiger partial charge in [-0.25, -0.2) is 0 Å². The number of benzene rings is 2. The average molecular weight is 387 g/mol. The van der Waals surface area contributed by atoms with E-state index >= 15 is 0 Å². The van der Waals surface area contributed by atoms with E-state index in [2.05, 4.69) is 5.32 Å². The van der Waals surface area contributed by atoms with Crippen LogP contribution in [0, 0.1) is 0 Å². The van der Waals surface area contributed by atoms with Gasteiger partial charge in [-0.1, -0.05) is 23.7 Å². The predicted octanol–water partition coefficient (Wildman–Crippen LogP) is 4.91. The molecule has 3 rings (SSSR count). The number of nitrogens with one attached hydrogen (secondary N) is 1. The molecule has 2 aromatic carbocycles. The molecule has 0 radical (unpaired) electrons. The molecule has 0 spiro atoms. The third-order valence-electron chi connectivity index (χ3n) is 3.72. The smallest absolute Gasteiger partial charge is 0.360 e. The van der Waals surface area contributed by atoms with Crippen molar-refractivity contribution in [1.29, 1.82) is 0 Å². The molecule has 0 aromatic heterocycles. The van der Waals surface area contributed by atoms with Crippen LogP contribution in [0.5, 0.6) is 0 Å². The van der Waals surface area contributed by atoms with Crippen LogP contribution in [0.25, 0.3) is 0 Å². The largest absolute Gasteiger partial charge is 0.418 e. The number of halogens is 4. The lowest BCUT2D eigenvalue weighted by Gasteiger charge is -2.30. The zero-order valence-corrected chi connectivity index (χ0v) is 14.5. The van der Waals surface area contributed by atoms with Gasteiger partial charge in [-0.2, -0.15) is 13.2 Å². The van der Waals surface area contributed by atoms with Crippen molar-refractivity contribution in [3.63, 3.8) is 0 Å². The van der Waals surface area contributed by atoms with Crippen molar-refractivity contribution in [3.8, 4) is 0 Å². The van der Waals surface area contributed by atoms with E-state index in [4.69, 9.17) is 11.6 Å². The van der Waals surface area contributed by atoms with E-state index in [1.54, 1.807) is 11.8 Å². The summed E-state index contributed by atoms with van der Waals surface area (Å²) in [6.07, 6.45) is -4.60. The average Bonchev–Trinajstić information content (AvgIpc) is 2.56. The first-order chi connectivity index (χ1) is 11.8. The summed E-state index contributed by atoms with van der Waals surface area (Å²) in [6.45, 7) is 0.638. The van der Waals surface area contributed by atoms with E-state index < -0.39 is 17.6 Å². The molecule has 1 heterocycles. The van der Waals surface area contributed by atoms with Crippen LogP contribution in [-0.4, -0.2) is 24.7 Å². The lowest BCUT2D eigenvalue weighted by Crippen LogP contribution is -2.37. The number of anilines is 2. The number of hydrogen-bond donors (Lipinski definition) is 1. The predicted molar refractivity (Wildman–Crippen MR) is 94.5 cm³/mol. The van der Waals surface area contributed by atoms with Crippen molar-refractivity contribution < 1.29 is 18.0 Å². The molecule has 0 fully saturated rings. The highest BCUT2D eigenvalue weighted by Crippen LogP contribution is 2.37. The lowest BCUT2D eigenvalue weighted by atomic mass is 10.1. The van der Waals surface area contributed by atoms with Crippen molar-refractivity contribution in [2.75, 3.05) is 29.1 Å². The molecule has 0 unspecified atom stereocenters. The first-order valence-corrected chi connectivity index (χ1v) is 8.84. The van der Waals surface area contributed by atoms with Crippen molar-refractivity contribution in [1.82, 2.24) is 0 Å². The molecule has 0 saturated heterocycles. The summed E-state index contributed by atoms with van der Waals surface area (Å²) < 4.78 is 39.3. The third kappa shape index (κ3) is 4.22. The van der Waals surface area contributed by atoms with Gasteiger partial charge in [0.05, 0.1) is 23.5 Å². The maximum atomic E-state index is 13.1. The zero-order chi connectivity index (χ0) is 18.0. The molecule has 0 saturated carbocycles. The van der Waals surface area contributed by atoms with Crippen LogP contribution in [0.4, 0.5) is 24.5 Å². The van der Waals surface area contributed by atoms with E-state index in [1.807, 2.05) is 29.2 Å². The Morgan fingerprint density at radius 3 is 2.76 bits per heavy atom. The van der Waals surface area contributed by atoms with Gasteiger partial charge in [-0.05, 0) is 30.3 Å². The highest BCUT2D eigenvalue weighted by Gasteiger charge is 2.34. The fourth-order valence-electron chi connectivity index (χ4n) is 2.61. The Balaban J connectivity index is 1.77. The summed E-state index contributed by atoms with van der Waals surface area (Å²) in [4.78, 5) is 15.2. The Hall–Kier alpha value is -1.86. The summed E-state index contributed by atoms with van der Waals surface area (Å²) >= 11 is 7.34.